The molecule has 0 aliphatic carbocycles. The average Bonchev–Trinajstić information content (AvgIpc) is 2.78. The number of carbonyl (C=O) groups excluding carboxylic acids is 2. The van der Waals surface area contributed by atoms with Crippen LogP contribution >= 0.6 is 0 Å². The Kier molecular flexibility index (Phi) is 6.92. The molecule has 0 saturated carbocycles. The van der Waals surface area contributed by atoms with Gasteiger partial charge in [0.15, 0.2) is 0 Å². The number of piperidine rings is 1. The van der Waals surface area contributed by atoms with Crippen LogP contribution < -0.4 is 0 Å². The van der Waals surface area contributed by atoms with Gasteiger partial charge in [-0.1, -0.05) is 13.0 Å². The van der Waals surface area contributed by atoms with Crippen molar-refractivity contribution >= 4 is 21.9 Å². The Morgan fingerprint density at radius 2 is 1.79 bits per heavy atom. The van der Waals surface area contributed by atoms with Gasteiger partial charge >= 0.3 is 5.97 Å². The molecule has 9 heteroatoms. The highest BCUT2D eigenvalue weighted by Crippen LogP contribution is 2.25. The fourth-order valence-corrected chi connectivity index (χ4v) is 5.54. The predicted molar refractivity (Wildman–Crippen MR) is 106 cm³/mol. The van der Waals surface area contributed by atoms with Crippen molar-refractivity contribution in [2.24, 2.45) is 5.92 Å². The van der Waals surface area contributed by atoms with E-state index in [-0.39, 0.29) is 22.7 Å². The molecule has 3 rings (SSSR count). The summed E-state index contributed by atoms with van der Waals surface area (Å²) < 4.78 is 37.8. The summed E-state index contributed by atoms with van der Waals surface area (Å²) in [5.41, 5.74) is 1.04. The first-order valence-electron chi connectivity index (χ1n) is 9.96. The van der Waals surface area contributed by atoms with Crippen LogP contribution in [0.3, 0.4) is 0 Å². The average molecular weight is 425 g/mol. The molecule has 1 aromatic carbocycles. The molecule has 1 amide bonds. The van der Waals surface area contributed by atoms with E-state index in [9.17, 15) is 18.0 Å². The van der Waals surface area contributed by atoms with Gasteiger partial charge in [0.25, 0.3) is 5.91 Å². The summed E-state index contributed by atoms with van der Waals surface area (Å²) in [5, 5.41) is 0. The quantitative estimate of drug-likeness (QED) is 0.662. The van der Waals surface area contributed by atoms with Crippen LogP contribution in [0.1, 0.15) is 35.7 Å². The number of benzene rings is 1. The lowest BCUT2D eigenvalue weighted by atomic mass is 9.96. The first kappa shape index (κ1) is 21.7. The van der Waals surface area contributed by atoms with Gasteiger partial charge in [-0.05, 0) is 37.0 Å². The van der Waals surface area contributed by atoms with E-state index in [1.54, 1.807) is 17.0 Å². The third kappa shape index (κ3) is 4.62. The van der Waals surface area contributed by atoms with Gasteiger partial charge in [-0.2, -0.15) is 4.31 Å². The maximum atomic E-state index is 13.2. The Labute approximate surface area is 171 Å². The molecule has 0 radical (unpaired) electrons. The van der Waals surface area contributed by atoms with E-state index in [1.807, 2.05) is 6.92 Å². The van der Waals surface area contributed by atoms with Gasteiger partial charge < -0.3 is 14.4 Å². The highest BCUT2D eigenvalue weighted by molar-refractivity contribution is 7.89. The SMILES string of the molecule is CCc1ccc(C(=O)N2CCC(C(=O)OC)CC2)cc1S(=O)(=O)N1CCOCC1. The van der Waals surface area contributed by atoms with E-state index >= 15 is 0 Å². The molecule has 2 aliphatic rings. The molecule has 0 N–H and O–H groups in total. The Morgan fingerprint density at radius 3 is 2.38 bits per heavy atom. The number of esters is 1. The zero-order chi connectivity index (χ0) is 21.0. The van der Waals surface area contributed by atoms with E-state index < -0.39 is 10.0 Å². The molecule has 2 heterocycles. The first-order chi connectivity index (χ1) is 13.9. The second-order valence-corrected chi connectivity index (χ2v) is 9.19. The highest BCUT2D eigenvalue weighted by Gasteiger charge is 2.31. The van der Waals surface area contributed by atoms with Gasteiger partial charge in [0.05, 0.1) is 31.1 Å². The van der Waals surface area contributed by atoms with Crippen molar-refractivity contribution in [1.82, 2.24) is 9.21 Å². The molecule has 29 heavy (non-hydrogen) atoms. The highest BCUT2D eigenvalue weighted by atomic mass is 32.2. The molecule has 0 bridgehead atoms. The molecule has 0 unspecified atom stereocenters. The van der Waals surface area contributed by atoms with Crippen molar-refractivity contribution in [2.75, 3.05) is 46.5 Å². The minimum absolute atomic E-state index is 0.191. The Balaban J connectivity index is 1.81. The molecular weight excluding hydrogens is 396 g/mol. The number of carbonyl (C=O) groups is 2. The lowest BCUT2D eigenvalue weighted by Crippen LogP contribution is -2.41. The zero-order valence-electron chi connectivity index (χ0n) is 16.9. The third-order valence-corrected chi connectivity index (χ3v) is 7.58. The van der Waals surface area contributed by atoms with Gasteiger partial charge in [-0.15, -0.1) is 0 Å². The van der Waals surface area contributed by atoms with Crippen LogP contribution in [0, 0.1) is 5.92 Å². The van der Waals surface area contributed by atoms with E-state index in [0.29, 0.717) is 69.8 Å². The van der Waals surface area contributed by atoms with Crippen LogP contribution in [0.4, 0.5) is 0 Å². The number of likely N-dealkylation sites (tertiary alicyclic amines) is 1. The molecule has 160 valence electrons. The number of aryl methyl sites for hydroxylation is 1. The van der Waals surface area contributed by atoms with Gasteiger partial charge in [-0.3, -0.25) is 9.59 Å². The second-order valence-electron chi connectivity index (χ2n) is 7.28. The smallest absolute Gasteiger partial charge is 0.308 e. The topological polar surface area (TPSA) is 93.2 Å². The summed E-state index contributed by atoms with van der Waals surface area (Å²) in [6, 6.07) is 4.91. The number of morpholine rings is 1. The van der Waals surface area contributed by atoms with E-state index in [0.717, 1.165) is 0 Å². The standard InChI is InChI=1S/C20H28N2O6S/c1-3-15-4-5-17(14-18(15)29(25,26)22-10-12-28-13-11-22)19(23)21-8-6-16(7-9-21)20(24)27-2/h4-5,14,16H,3,6-13H2,1-2H3. The van der Waals surface area contributed by atoms with E-state index in [2.05, 4.69) is 0 Å². The normalized spacial score (nSPS) is 19.2. The minimum atomic E-state index is -3.69. The Hall–Kier alpha value is -1.97. The van der Waals surface area contributed by atoms with Crippen LogP contribution in [-0.4, -0.2) is 76.0 Å². The summed E-state index contributed by atoms with van der Waals surface area (Å²) in [5.74, 6) is -0.651. The van der Waals surface area contributed by atoms with Crippen molar-refractivity contribution < 1.29 is 27.5 Å². The number of hydrogen-bond donors (Lipinski definition) is 0. The number of rotatable bonds is 5. The van der Waals surface area contributed by atoms with Crippen molar-refractivity contribution in [2.45, 2.75) is 31.1 Å². The summed E-state index contributed by atoms with van der Waals surface area (Å²) >= 11 is 0. The fourth-order valence-electron chi connectivity index (χ4n) is 3.81. The summed E-state index contributed by atoms with van der Waals surface area (Å²) in [7, 11) is -2.33. The van der Waals surface area contributed by atoms with Gasteiger partial charge in [-0.25, -0.2) is 8.42 Å². The molecule has 8 nitrogen and oxygen atoms in total. The number of amides is 1. The Morgan fingerprint density at radius 1 is 1.14 bits per heavy atom. The summed E-state index contributed by atoms with van der Waals surface area (Å²) in [4.78, 5) is 26.5. The number of hydrogen-bond acceptors (Lipinski definition) is 6. The largest absolute Gasteiger partial charge is 0.469 e. The van der Waals surface area contributed by atoms with Crippen LogP contribution in [-0.2, 0) is 30.7 Å². The molecule has 0 spiro atoms. The predicted octanol–water partition coefficient (Wildman–Crippen LogP) is 1.30. The van der Waals surface area contributed by atoms with E-state index in [1.165, 1.54) is 17.5 Å². The zero-order valence-corrected chi connectivity index (χ0v) is 17.7. The van der Waals surface area contributed by atoms with Crippen molar-refractivity contribution in [3.05, 3.63) is 29.3 Å². The molecule has 0 aromatic heterocycles. The molecule has 2 saturated heterocycles. The maximum Gasteiger partial charge on any atom is 0.308 e. The summed E-state index contributed by atoms with van der Waals surface area (Å²) in [6.07, 6.45) is 1.65. The third-order valence-electron chi connectivity index (χ3n) is 5.60. The molecule has 1 aromatic rings. The lowest BCUT2D eigenvalue weighted by molar-refractivity contribution is -0.146. The van der Waals surface area contributed by atoms with Crippen molar-refractivity contribution in [3.63, 3.8) is 0 Å². The number of ether oxygens (including phenoxy) is 2. The van der Waals surface area contributed by atoms with Crippen LogP contribution in [0.2, 0.25) is 0 Å². The second kappa shape index (κ2) is 9.23. The molecule has 2 fully saturated rings. The minimum Gasteiger partial charge on any atom is -0.469 e. The first-order valence-corrected chi connectivity index (χ1v) is 11.4. The van der Waals surface area contributed by atoms with Crippen LogP contribution in [0.25, 0.3) is 0 Å². The van der Waals surface area contributed by atoms with Crippen LogP contribution in [0.15, 0.2) is 23.1 Å². The molecule has 0 atom stereocenters. The van der Waals surface area contributed by atoms with Crippen molar-refractivity contribution in [1.29, 1.82) is 0 Å². The van der Waals surface area contributed by atoms with Gasteiger partial charge in [0.1, 0.15) is 0 Å². The van der Waals surface area contributed by atoms with E-state index in [4.69, 9.17) is 9.47 Å². The Bertz CT molecular complexity index is 856. The lowest BCUT2D eigenvalue weighted by Gasteiger charge is -2.31. The monoisotopic (exact) mass is 424 g/mol. The fraction of sp³-hybridized carbons (Fsp3) is 0.600. The van der Waals surface area contributed by atoms with Gasteiger partial charge in [0, 0.05) is 31.7 Å². The number of sulfonamides is 1. The number of methoxy groups -OCH3 is 1. The molecular formula is C20H28N2O6S. The maximum absolute atomic E-state index is 13.2. The molecule has 2 aliphatic heterocycles. The van der Waals surface area contributed by atoms with Crippen molar-refractivity contribution in [3.8, 4) is 0 Å². The number of nitrogens with zero attached hydrogens (tertiary/aromatic N) is 2. The summed E-state index contributed by atoms with van der Waals surface area (Å²) in [6.45, 7) is 4.14. The van der Waals surface area contributed by atoms with Crippen LogP contribution in [0.5, 0.6) is 0 Å². The van der Waals surface area contributed by atoms with Gasteiger partial charge in [0.2, 0.25) is 10.0 Å².